The number of nitrogens with zero attached hydrogens (tertiary/aromatic N) is 1. The van der Waals surface area contributed by atoms with E-state index in [4.69, 9.17) is 4.74 Å². The van der Waals surface area contributed by atoms with Gasteiger partial charge in [-0.2, -0.15) is 0 Å². The summed E-state index contributed by atoms with van der Waals surface area (Å²) in [5.41, 5.74) is 3.21. The van der Waals surface area contributed by atoms with E-state index in [0.29, 0.717) is 6.04 Å². The minimum Gasteiger partial charge on any atom is -0.459 e. The average molecular weight is 288 g/mol. The Hall–Kier alpha value is -1.39. The number of ether oxygens (including phenoxy) is 1. The van der Waals surface area contributed by atoms with Crippen LogP contribution in [-0.2, 0) is 17.6 Å². The topological polar surface area (TPSA) is 41.6 Å². The van der Waals surface area contributed by atoms with Crippen LogP contribution in [0, 0.1) is 0 Å². The van der Waals surface area contributed by atoms with Gasteiger partial charge in [-0.05, 0) is 37.5 Å². The van der Waals surface area contributed by atoms with Gasteiger partial charge in [-0.1, -0.05) is 12.1 Å². The van der Waals surface area contributed by atoms with Gasteiger partial charge < -0.3 is 15.0 Å². The molecule has 1 aromatic carbocycles. The summed E-state index contributed by atoms with van der Waals surface area (Å²) >= 11 is 0. The van der Waals surface area contributed by atoms with E-state index in [0.717, 1.165) is 50.1 Å². The Labute approximate surface area is 126 Å². The molecule has 1 fully saturated rings. The molecule has 2 aliphatic rings. The van der Waals surface area contributed by atoms with Crippen LogP contribution in [0.5, 0.6) is 0 Å². The Kier molecular flexibility index (Phi) is 4.27. The van der Waals surface area contributed by atoms with E-state index in [-0.39, 0.29) is 12.1 Å². The fourth-order valence-electron chi connectivity index (χ4n) is 3.27. The van der Waals surface area contributed by atoms with Gasteiger partial charge in [-0.15, -0.1) is 0 Å². The second-order valence-corrected chi connectivity index (χ2v) is 6.32. The fourth-order valence-corrected chi connectivity index (χ4v) is 3.27. The predicted molar refractivity (Wildman–Crippen MR) is 82.6 cm³/mol. The van der Waals surface area contributed by atoms with Gasteiger partial charge in [0.25, 0.3) is 0 Å². The third kappa shape index (κ3) is 3.44. The molecule has 0 aliphatic carbocycles. The summed E-state index contributed by atoms with van der Waals surface area (Å²) in [5.74, 6) is -0.175. The highest BCUT2D eigenvalue weighted by atomic mass is 16.5. The maximum atomic E-state index is 11.8. The molecule has 0 spiro atoms. The zero-order valence-corrected chi connectivity index (χ0v) is 12.9. The van der Waals surface area contributed by atoms with Crippen LogP contribution in [0.15, 0.2) is 18.2 Å². The third-order valence-electron chi connectivity index (χ3n) is 4.37. The Morgan fingerprint density at radius 2 is 2.24 bits per heavy atom. The Morgan fingerprint density at radius 1 is 1.38 bits per heavy atom. The largest absolute Gasteiger partial charge is 0.459 e. The molecule has 0 radical (unpaired) electrons. The monoisotopic (exact) mass is 288 g/mol. The van der Waals surface area contributed by atoms with Gasteiger partial charge in [0.1, 0.15) is 6.10 Å². The molecule has 0 saturated carbocycles. The first-order valence-corrected chi connectivity index (χ1v) is 7.90. The zero-order chi connectivity index (χ0) is 14.8. The number of hydrogen-bond acceptors (Lipinski definition) is 4. The summed E-state index contributed by atoms with van der Waals surface area (Å²) in [4.78, 5) is 14.3. The van der Waals surface area contributed by atoms with Crippen LogP contribution < -0.4 is 5.32 Å². The smallest absolute Gasteiger partial charge is 0.338 e. The molecular weight excluding hydrogens is 264 g/mol. The number of nitrogens with one attached hydrogen (secondary N) is 1. The summed E-state index contributed by atoms with van der Waals surface area (Å²) in [6.45, 7) is 8.60. The van der Waals surface area contributed by atoms with Gasteiger partial charge in [0, 0.05) is 38.6 Å². The van der Waals surface area contributed by atoms with Gasteiger partial charge in [-0.25, -0.2) is 4.79 Å². The van der Waals surface area contributed by atoms with E-state index >= 15 is 0 Å². The molecule has 114 valence electrons. The van der Waals surface area contributed by atoms with Crippen molar-refractivity contribution in [2.24, 2.45) is 0 Å². The molecule has 2 aliphatic heterocycles. The number of piperazine rings is 1. The lowest BCUT2D eigenvalue weighted by Gasteiger charge is -2.31. The second-order valence-electron chi connectivity index (χ2n) is 6.32. The Balaban J connectivity index is 1.64. The molecule has 1 N–H and O–H groups in total. The number of hydrogen-bond donors (Lipinski definition) is 1. The van der Waals surface area contributed by atoms with Gasteiger partial charge in [-0.3, -0.25) is 0 Å². The van der Waals surface area contributed by atoms with E-state index in [2.05, 4.69) is 29.3 Å². The van der Waals surface area contributed by atoms with E-state index < -0.39 is 0 Å². The molecule has 2 atom stereocenters. The fraction of sp³-hybridized carbons (Fsp3) is 0.588. The van der Waals surface area contributed by atoms with E-state index in [1.54, 1.807) is 0 Å². The quantitative estimate of drug-likeness (QED) is 0.858. The predicted octanol–water partition coefficient (Wildman–Crippen LogP) is 1.62. The van der Waals surface area contributed by atoms with Crippen LogP contribution in [0.1, 0.15) is 35.3 Å². The van der Waals surface area contributed by atoms with Crippen molar-refractivity contribution in [1.82, 2.24) is 10.2 Å². The molecule has 21 heavy (non-hydrogen) atoms. The van der Waals surface area contributed by atoms with Crippen molar-refractivity contribution in [3.63, 3.8) is 0 Å². The minimum absolute atomic E-state index is 0.00531. The number of esters is 1. The number of carbonyl (C=O) groups is 1. The number of rotatable bonds is 3. The number of benzene rings is 1. The summed E-state index contributed by atoms with van der Waals surface area (Å²) in [6.07, 6.45) is 1.87. The normalized spacial score (nSPS) is 26.3. The van der Waals surface area contributed by atoms with Crippen molar-refractivity contribution in [2.45, 2.75) is 38.8 Å². The highest BCUT2D eigenvalue weighted by Crippen LogP contribution is 2.22. The molecule has 0 bridgehead atoms. The van der Waals surface area contributed by atoms with Crippen molar-refractivity contribution in [3.05, 3.63) is 34.9 Å². The molecule has 0 unspecified atom stereocenters. The standard InChI is InChI=1S/C17H24N2O2/c1-12-11-19(8-6-18-12)7-5-14-3-4-16-15(10-14)9-13(2)21-17(16)20/h3-4,10,12-13,18H,5-9,11H2,1-2H3/t12-,13-/m0/s1. The van der Waals surface area contributed by atoms with E-state index in [1.807, 2.05) is 13.0 Å². The van der Waals surface area contributed by atoms with E-state index in [9.17, 15) is 4.79 Å². The first-order chi connectivity index (χ1) is 10.1. The lowest BCUT2D eigenvalue weighted by atomic mass is 9.96. The lowest BCUT2D eigenvalue weighted by Crippen LogP contribution is -2.49. The average Bonchev–Trinajstić information content (AvgIpc) is 2.44. The summed E-state index contributed by atoms with van der Waals surface area (Å²) in [6, 6.07) is 6.77. The Morgan fingerprint density at radius 3 is 3.05 bits per heavy atom. The SMILES string of the molecule is C[C@H]1CN(CCc2ccc3c(c2)C[C@H](C)OC3=O)CCN1. The Bertz CT molecular complexity index is 530. The molecule has 0 amide bonds. The number of carbonyl (C=O) groups excluding carboxylic acids is 1. The van der Waals surface area contributed by atoms with Crippen LogP contribution >= 0.6 is 0 Å². The van der Waals surface area contributed by atoms with Crippen LogP contribution in [0.2, 0.25) is 0 Å². The molecule has 4 heteroatoms. The second kappa shape index (κ2) is 6.16. The number of cyclic esters (lactones) is 1. The van der Waals surface area contributed by atoms with Crippen LogP contribution in [0.25, 0.3) is 0 Å². The first kappa shape index (κ1) is 14.5. The summed E-state index contributed by atoms with van der Waals surface area (Å²) < 4.78 is 5.27. The zero-order valence-electron chi connectivity index (χ0n) is 12.9. The summed E-state index contributed by atoms with van der Waals surface area (Å²) in [5, 5.41) is 3.47. The van der Waals surface area contributed by atoms with Crippen molar-refractivity contribution >= 4 is 5.97 Å². The highest BCUT2D eigenvalue weighted by molar-refractivity contribution is 5.92. The van der Waals surface area contributed by atoms with Crippen molar-refractivity contribution < 1.29 is 9.53 Å². The molecular formula is C17H24N2O2. The van der Waals surface area contributed by atoms with Crippen LogP contribution in [0.3, 0.4) is 0 Å². The molecule has 2 heterocycles. The van der Waals surface area contributed by atoms with Crippen molar-refractivity contribution in [1.29, 1.82) is 0 Å². The van der Waals surface area contributed by atoms with Crippen molar-refractivity contribution in [2.75, 3.05) is 26.2 Å². The molecule has 1 saturated heterocycles. The van der Waals surface area contributed by atoms with Gasteiger partial charge in [0.2, 0.25) is 0 Å². The minimum atomic E-state index is -0.175. The van der Waals surface area contributed by atoms with Crippen molar-refractivity contribution in [3.8, 4) is 0 Å². The van der Waals surface area contributed by atoms with Gasteiger partial charge in [0.05, 0.1) is 5.56 Å². The van der Waals surface area contributed by atoms with Crippen LogP contribution in [-0.4, -0.2) is 49.2 Å². The molecule has 1 aromatic rings. The summed E-state index contributed by atoms with van der Waals surface area (Å²) in [7, 11) is 0. The van der Waals surface area contributed by atoms with Crippen LogP contribution in [0.4, 0.5) is 0 Å². The maximum Gasteiger partial charge on any atom is 0.338 e. The highest BCUT2D eigenvalue weighted by Gasteiger charge is 2.23. The van der Waals surface area contributed by atoms with Gasteiger partial charge in [0.15, 0.2) is 0 Å². The molecule has 0 aromatic heterocycles. The van der Waals surface area contributed by atoms with E-state index in [1.165, 1.54) is 5.56 Å². The lowest BCUT2D eigenvalue weighted by molar-refractivity contribution is 0.0301. The molecule has 4 nitrogen and oxygen atoms in total. The first-order valence-electron chi connectivity index (χ1n) is 7.90. The van der Waals surface area contributed by atoms with Gasteiger partial charge >= 0.3 is 5.97 Å². The third-order valence-corrected chi connectivity index (χ3v) is 4.37. The maximum absolute atomic E-state index is 11.8. The number of fused-ring (bicyclic) bond motifs is 1. The molecule has 3 rings (SSSR count).